The van der Waals surface area contributed by atoms with Crippen molar-refractivity contribution in [1.29, 1.82) is 0 Å². The molecular weight excluding hydrogens is 320 g/mol. The highest BCUT2D eigenvalue weighted by Crippen LogP contribution is 2.55. The molecule has 1 aliphatic carbocycles. The Hall–Kier alpha value is -1.69. The number of rotatable bonds is 4. The van der Waals surface area contributed by atoms with E-state index in [1.54, 1.807) is 11.3 Å². The third-order valence-electron chi connectivity index (χ3n) is 5.58. The maximum absolute atomic E-state index is 12.9. The maximum Gasteiger partial charge on any atom is 0.263 e. The molecule has 2 fully saturated rings. The van der Waals surface area contributed by atoms with Crippen LogP contribution in [0.5, 0.6) is 0 Å². The highest BCUT2D eigenvalue weighted by molar-refractivity contribution is 7.13. The van der Waals surface area contributed by atoms with E-state index in [-0.39, 0.29) is 17.2 Å². The normalized spacial score (nSPS) is 22.1. The fourth-order valence-corrected chi connectivity index (χ4v) is 4.97. The number of nitrogens with one attached hydrogen (secondary N) is 1. The van der Waals surface area contributed by atoms with Crippen LogP contribution in [0.15, 0.2) is 12.1 Å². The van der Waals surface area contributed by atoms with Crippen molar-refractivity contribution in [1.82, 2.24) is 20.1 Å². The van der Waals surface area contributed by atoms with Gasteiger partial charge in [0.1, 0.15) is 5.82 Å². The third kappa shape index (κ3) is 2.57. The molecule has 6 heteroatoms. The monoisotopic (exact) mass is 344 g/mol. The minimum atomic E-state index is 0.172. The Labute approximate surface area is 146 Å². The van der Waals surface area contributed by atoms with Crippen LogP contribution in [0.2, 0.25) is 0 Å². The number of hydrogen-bond donors (Lipinski definition) is 1. The second kappa shape index (κ2) is 5.99. The summed E-state index contributed by atoms with van der Waals surface area (Å²) in [5.41, 5.74) is 0.202. The molecule has 1 N–H and O–H groups in total. The van der Waals surface area contributed by atoms with Crippen LogP contribution in [0, 0.1) is 12.3 Å². The highest BCUT2D eigenvalue weighted by Gasteiger charge is 2.53. The van der Waals surface area contributed by atoms with Crippen molar-refractivity contribution in [3.05, 3.63) is 33.5 Å². The number of H-pyrrole nitrogens is 1. The molecule has 0 aromatic carbocycles. The first-order chi connectivity index (χ1) is 11.6. The Balaban J connectivity index is 1.57. The van der Waals surface area contributed by atoms with E-state index >= 15 is 0 Å². The Morgan fingerprint density at radius 1 is 1.46 bits per heavy atom. The third-order valence-corrected chi connectivity index (χ3v) is 6.57. The van der Waals surface area contributed by atoms with E-state index in [1.807, 2.05) is 24.0 Å². The molecule has 1 atom stereocenters. The number of aromatic amines is 1. The minimum absolute atomic E-state index is 0.172. The number of likely N-dealkylation sites (tertiary alicyclic amines) is 1. The van der Waals surface area contributed by atoms with Gasteiger partial charge in [0.05, 0.1) is 4.88 Å². The predicted octanol–water partition coefficient (Wildman–Crippen LogP) is 3.54. The van der Waals surface area contributed by atoms with Gasteiger partial charge in [-0.1, -0.05) is 13.3 Å². The average Bonchev–Trinajstić information content (AvgIpc) is 3.23. The summed E-state index contributed by atoms with van der Waals surface area (Å²) in [5, 5.41) is 7.58. The summed E-state index contributed by atoms with van der Waals surface area (Å²) < 4.78 is 0. The maximum atomic E-state index is 12.9. The lowest BCUT2D eigenvalue weighted by atomic mass is 9.62. The molecule has 1 saturated heterocycles. The number of hydrogen-bond acceptors (Lipinski definition) is 4. The van der Waals surface area contributed by atoms with Crippen LogP contribution in [-0.4, -0.2) is 39.1 Å². The first-order valence-corrected chi connectivity index (χ1v) is 9.70. The quantitative estimate of drug-likeness (QED) is 0.923. The standard InChI is InChI=1S/C18H24N4OS/c1-3-5-15-19-16(21-20-15)13-10-22(11-18(13)8-4-9-18)17(23)14-7-6-12(2)24-14/h6-7,13H,3-5,8-11H2,1-2H3,(H,19,20,21). The van der Waals surface area contributed by atoms with Crippen molar-refractivity contribution in [3.63, 3.8) is 0 Å². The van der Waals surface area contributed by atoms with E-state index in [2.05, 4.69) is 17.1 Å². The molecule has 5 nitrogen and oxygen atoms in total. The van der Waals surface area contributed by atoms with E-state index < -0.39 is 0 Å². The van der Waals surface area contributed by atoms with Gasteiger partial charge in [-0.15, -0.1) is 11.3 Å². The molecule has 1 unspecified atom stereocenters. The molecule has 1 amide bonds. The van der Waals surface area contributed by atoms with E-state index in [4.69, 9.17) is 4.98 Å². The van der Waals surface area contributed by atoms with Gasteiger partial charge in [-0.3, -0.25) is 9.89 Å². The molecule has 1 saturated carbocycles. The fourth-order valence-electron chi connectivity index (χ4n) is 4.14. The molecule has 2 aromatic rings. The van der Waals surface area contributed by atoms with Crippen molar-refractivity contribution in [2.75, 3.05) is 13.1 Å². The summed E-state index contributed by atoms with van der Waals surface area (Å²) >= 11 is 1.59. The van der Waals surface area contributed by atoms with Gasteiger partial charge < -0.3 is 4.90 Å². The number of aryl methyl sites for hydroxylation is 2. The van der Waals surface area contributed by atoms with E-state index in [1.165, 1.54) is 24.1 Å². The first kappa shape index (κ1) is 15.8. The lowest BCUT2D eigenvalue weighted by Crippen LogP contribution is -2.37. The van der Waals surface area contributed by atoms with Crippen molar-refractivity contribution >= 4 is 17.2 Å². The fraction of sp³-hybridized carbons (Fsp3) is 0.611. The number of carbonyl (C=O) groups is 1. The summed E-state index contributed by atoms with van der Waals surface area (Å²) in [6.45, 7) is 5.80. The molecule has 2 aliphatic rings. The molecule has 4 rings (SSSR count). The van der Waals surface area contributed by atoms with Gasteiger partial charge in [0.25, 0.3) is 5.91 Å². The molecule has 0 radical (unpaired) electrons. The second-order valence-electron chi connectivity index (χ2n) is 7.25. The number of amides is 1. The molecule has 2 aromatic heterocycles. The summed E-state index contributed by atoms with van der Waals surface area (Å²) in [5.74, 6) is 2.33. The summed E-state index contributed by atoms with van der Waals surface area (Å²) in [4.78, 5) is 21.7. The number of thiophene rings is 1. The summed E-state index contributed by atoms with van der Waals surface area (Å²) in [7, 11) is 0. The Bertz CT molecular complexity index is 746. The van der Waals surface area contributed by atoms with Crippen LogP contribution in [0.1, 0.15) is 64.7 Å². The zero-order valence-electron chi connectivity index (χ0n) is 14.3. The predicted molar refractivity (Wildman–Crippen MR) is 94.4 cm³/mol. The Morgan fingerprint density at radius 2 is 2.29 bits per heavy atom. The zero-order valence-corrected chi connectivity index (χ0v) is 15.2. The summed E-state index contributed by atoms with van der Waals surface area (Å²) in [6.07, 6.45) is 5.62. The van der Waals surface area contributed by atoms with Crippen LogP contribution in [0.4, 0.5) is 0 Å². The number of nitrogens with zero attached hydrogens (tertiary/aromatic N) is 3. The molecule has 3 heterocycles. The van der Waals surface area contributed by atoms with Gasteiger partial charge in [0, 0.05) is 30.3 Å². The van der Waals surface area contributed by atoms with Gasteiger partial charge in [0.2, 0.25) is 0 Å². The molecule has 1 aliphatic heterocycles. The van der Waals surface area contributed by atoms with Crippen LogP contribution < -0.4 is 0 Å². The van der Waals surface area contributed by atoms with E-state index in [9.17, 15) is 4.79 Å². The Morgan fingerprint density at radius 3 is 2.92 bits per heavy atom. The lowest BCUT2D eigenvalue weighted by Gasteiger charge is -2.41. The molecule has 1 spiro atoms. The van der Waals surface area contributed by atoms with Gasteiger partial charge in [0.15, 0.2) is 5.82 Å². The van der Waals surface area contributed by atoms with Crippen molar-refractivity contribution in [3.8, 4) is 0 Å². The van der Waals surface area contributed by atoms with Gasteiger partial charge in [-0.05, 0) is 43.7 Å². The van der Waals surface area contributed by atoms with Gasteiger partial charge in [-0.2, -0.15) is 5.10 Å². The molecular formula is C18H24N4OS. The van der Waals surface area contributed by atoms with E-state index in [0.717, 1.165) is 42.5 Å². The van der Waals surface area contributed by atoms with Crippen LogP contribution >= 0.6 is 11.3 Å². The van der Waals surface area contributed by atoms with Crippen molar-refractivity contribution in [2.24, 2.45) is 5.41 Å². The topological polar surface area (TPSA) is 61.9 Å². The minimum Gasteiger partial charge on any atom is -0.337 e. The largest absolute Gasteiger partial charge is 0.337 e. The summed E-state index contributed by atoms with van der Waals surface area (Å²) in [6, 6.07) is 3.98. The first-order valence-electron chi connectivity index (χ1n) is 8.88. The smallest absolute Gasteiger partial charge is 0.263 e. The van der Waals surface area contributed by atoms with Gasteiger partial charge in [-0.25, -0.2) is 4.98 Å². The lowest BCUT2D eigenvalue weighted by molar-refractivity contribution is 0.0728. The average molecular weight is 344 g/mol. The highest BCUT2D eigenvalue weighted by atomic mass is 32.1. The van der Waals surface area contributed by atoms with Crippen LogP contribution in [0.25, 0.3) is 0 Å². The van der Waals surface area contributed by atoms with Crippen LogP contribution in [-0.2, 0) is 6.42 Å². The number of carbonyl (C=O) groups excluding carboxylic acids is 1. The van der Waals surface area contributed by atoms with E-state index in [0.29, 0.717) is 0 Å². The Kier molecular flexibility index (Phi) is 3.95. The number of aromatic nitrogens is 3. The van der Waals surface area contributed by atoms with Gasteiger partial charge >= 0.3 is 0 Å². The second-order valence-corrected chi connectivity index (χ2v) is 8.54. The van der Waals surface area contributed by atoms with Crippen LogP contribution in [0.3, 0.4) is 0 Å². The molecule has 128 valence electrons. The van der Waals surface area contributed by atoms with Crippen molar-refractivity contribution in [2.45, 2.75) is 51.9 Å². The SMILES string of the molecule is CCCc1nc(C2CN(C(=O)c3ccc(C)s3)CC23CCC3)n[nH]1. The molecule has 24 heavy (non-hydrogen) atoms. The van der Waals surface area contributed by atoms with Crippen molar-refractivity contribution < 1.29 is 4.79 Å². The zero-order chi connectivity index (χ0) is 16.7. The molecule has 0 bridgehead atoms.